The fourth-order valence-electron chi connectivity index (χ4n) is 4.15. The van der Waals surface area contributed by atoms with Crippen LogP contribution in [0.5, 0.6) is 0 Å². The van der Waals surface area contributed by atoms with Gasteiger partial charge in [-0.2, -0.15) is 0 Å². The van der Waals surface area contributed by atoms with Crippen molar-refractivity contribution in [3.8, 4) is 0 Å². The number of aliphatic hydroxyl groups is 1. The summed E-state index contributed by atoms with van der Waals surface area (Å²) in [6.45, 7) is 1.57. The van der Waals surface area contributed by atoms with Gasteiger partial charge >= 0.3 is 6.09 Å². The number of carbonyl (C=O) groups excluding carboxylic acids is 2. The molecule has 0 saturated carbocycles. The number of para-hydroxylation sites is 2. The first kappa shape index (κ1) is 26.4. The highest BCUT2D eigenvalue weighted by molar-refractivity contribution is 6.05. The Balaban J connectivity index is 1.61. The van der Waals surface area contributed by atoms with Crippen LogP contribution in [0.1, 0.15) is 46.1 Å². The van der Waals surface area contributed by atoms with Crippen molar-refractivity contribution in [2.45, 2.75) is 19.1 Å². The average Bonchev–Trinajstić information content (AvgIpc) is 2.95. The van der Waals surface area contributed by atoms with Crippen LogP contribution in [0.3, 0.4) is 0 Å². The number of benzene rings is 3. The molecule has 0 unspecified atom stereocenters. The molecule has 1 heterocycles. The van der Waals surface area contributed by atoms with Crippen LogP contribution in [0.4, 0.5) is 16.2 Å². The van der Waals surface area contributed by atoms with Crippen molar-refractivity contribution >= 4 is 23.4 Å². The molecular formula is C30H30N4O4. The molecule has 0 aliphatic heterocycles. The summed E-state index contributed by atoms with van der Waals surface area (Å²) in [6, 6.07) is 26.6. The Kier molecular flexibility index (Phi) is 8.69. The fourth-order valence-corrected chi connectivity index (χ4v) is 4.15. The summed E-state index contributed by atoms with van der Waals surface area (Å²) in [7, 11) is 0. The number of rotatable bonds is 9. The zero-order chi connectivity index (χ0) is 26.9. The van der Waals surface area contributed by atoms with Crippen molar-refractivity contribution in [2.24, 2.45) is 0 Å². The molecule has 194 valence electrons. The third-order valence-corrected chi connectivity index (χ3v) is 6.13. The van der Waals surface area contributed by atoms with Crippen LogP contribution in [-0.2, 0) is 4.74 Å². The lowest BCUT2D eigenvalue weighted by molar-refractivity contribution is 0.0549. The van der Waals surface area contributed by atoms with Crippen molar-refractivity contribution in [1.82, 2.24) is 9.88 Å². The summed E-state index contributed by atoms with van der Waals surface area (Å²) >= 11 is 0. The maximum absolute atomic E-state index is 13.4. The van der Waals surface area contributed by atoms with E-state index in [1.165, 1.54) is 4.90 Å². The molecule has 0 radical (unpaired) electrons. The van der Waals surface area contributed by atoms with Gasteiger partial charge in [0.15, 0.2) is 0 Å². The van der Waals surface area contributed by atoms with Gasteiger partial charge in [-0.1, -0.05) is 60.7 Å². The zero-order valence-electron chi connectivity index (χ0n) is 21.0. The van der Waals surface area contributed by atoms with Crippen molar-refractivity contribution in [3.63, 3.8) is 0 Å². The van der Waals surface area contributed by atoms with E-state index in [1.54, 1.807) is 73.9 Å². The van der Waals surface area contributed by atoms with Gasteiger partial charge in [-0.3, -0.25) is 14.7 Å². The number of carbonyl (C=O) groups is 2. The smallest absolute Gasteiger partial charge is 0.411 e. The quantitative estimate of drug-likeness (QED) is 0.267. The molecule has 0 saturated heterocycles. The third kappa shape index (κ3) is 6.35. The van der Waals surface area contributed by atoms with Crippen LogP contribution in [0.15, 0.2) is 103 Å². The maximum atomic E-state index is 13.4. The summed E-state index contributed by atoms with van der Waals surface area (Å²) in [5.41, 5.74) is 9.74. The largest absolute Gasteiger partial charge is 0.441 e. The lowest BCUT2D eigenvalue weighted by Gasteiger charge is -2.32. The summed E-state index contributed by atoms with van der Waals surface area (Å²) in [5.74, 6) is -0.303. The number of anilines is 2. The number of hydrogen-bond donors (Lipinski definition) is 3. The van der Waals surface area contributed by atoms with Crippen LogP contribution < -0.4 is 11.1 Å². The summed E-state index contributed by atoms with van der Waals surface area (Å²) in [4.78, 5) is 31.8. The molecule has 8 nitrogen and oxygen atoms in total. The molecule has 0 aliphatic carbocycles. The number of nitrogens with zero attached hydrogens (tertiary/aromatic N) is 2. The van der Waals surface area contributed by atoms with E-state index >= 15 is 0 Å². The van der Waals surface area contributed by atoms with Gasteiger partial charge in [0.25, 0.3) is 5.91 Å². The minimum atomic E-state index is -0.578. The van der Waals surface area contributed by atoms with Crippen LogP contribution in [-0.4, -0.2) is 40.1 Å². The number of hydrogen-bond acceptors (Lipinski definition) is 6. The minimum Gasteiger partial charge on any atom is -0.441 e. The zero-order valence-corrected chi connectivity index (χ0v) is 21.0. The van der Waals surface area contributed by atoms with E-state index in [4.69, 9.17) is 10.5 Å². The van der Waals surface area contributed by atoms with E-state index in [-0.39, 0.29) is 19.1 Å². The van der Waals surface area contributed by atoms with Gasteiger partial charge < -0.3 is 20.9 Å². The Hall–Kier alpha value is -4.69. The number of nitrogens with two attached hydrogens (primary N) is 1. The SMILES string of the molecule is C[C@H](OC(=O)N(CCO)[C@H](c1ccccc1)c1ccc(C(=O)Nc2ccccc2N)cc1)c1cccnc1. The Labute approximate surface area is 221 Å². The van der Waals surface area contributed by atoms with Gasteiger partial charge in [-0.15, -0.1) is 0 Å². The Bertz CT molecular complexity index is 1350. The molecular weight excluding hydrogens is 480 g/mol. The highest BCUT2D eigenvalue weighted by Gasteiger charge is 2.29. The monoisotopic (exact) mass is 510 g/mol. The topological polar surface area (TPSA) is 118 Å². The molecule has 1 aromatic heterocycles. The Morgan fingerprint density at radius 1 is 0.921 bits per heavy atom. The van der Waals surface area contributed by atoms with Gasteiger partial charge in [0.05, 0.1) is 24.0 Å². The van der Waals surface area contributed by atoms with Gasteiger partial charge in [0, 0.05) is 30.1 Å². The standard InChI is InChI=1S/C30H30N4O4/c1-21(25-10-7-17-32-20-25)38-30(37)34(18-19-35)28(22-8-3-2-4-9-22)23-13-15-24(16-14-23)29(36)33-27-12-6-5-11-26(27)31/h2-17,20-21,28,35H,18-19,31H2,1H3,(H,33,36)/t21-,28+/m0/s1. The molecule has 4 N–H and O–H groups in total. The van der Waals surface area contributed by atoms with Crippen molar-refractivity contribution in [3.05, 3.63) is 126 Å². The molecule has 0 spiro atoms. The minimum absolute atomic E-state index is 0.0493. The van der Waals surface area contributed by atoms with Gasteiger partial charge in [0.1, 0.15) is 6.10 Å². The van der Waals surface area contributed by atoms with Gasteiger partial charge in [-0.05, 0) is 48.4 Å². The number of aromatic nitrogens is 1. The number of pyridine rings is 1. The second kappa shape index (κ2) is 12.5. The Morgan fingerprint density at radius 3 is 2.24 bits per heavy atom. The lowest BCUT2D eigenvalue weighted by atomic mass is 9.96. The molecule has 0 aliphatic rings. The van der Waals surface area contributed by atoms with Crippen LogP contribution in [0, 0.1) is 0 Å². The molecule has 4 rings (SSSR count). The van der Waals surface area contributed by atoms with E-state index in [9.17, 15) is 14.7 Å². The van der Waals surface area contributed by atoms with Gasteiger partial charge in [0.2, 0.25) is 0 Å². The third-order valence-electron chi connectivity index (χ3n) is 6.13. The van der Waals surface area contributed by atoms with Crippen LogP contribution >= 0.6 is 0 Å². The number of ether oxygens (including phenoxy) is 1. The fraction of sp³-hybridized carbons (Fsp3) is 0.167. The molecule has 2 atom stereocenters. The van der Waals surface area contributed by atoms with Crippen molar-refractivity contribution in [1.29, 1.82) is 0 Å². The average molecular weight is 511 g/mol. The number of nitrogen functional groups attached to an aromatic ring is 1. The molecule has 8 heteroatoms. The van der Waals surface area contributed by atoms with E-state index in [2.05, 4.69) is 10.3 Å². The van der Waals surface area contributed by atoms with E-state index in [0.29, 0.717) is 16.9 Å². The molecule has 0 bridgehead atoms. The molecule has 0 fully saturated rings. The summed E-state index contributed by atoms with van der Waals surface area (Å²) in [6.07, 6.45) is 2.19. The molecule has 3 aromatic carbocycles. The van der Waals surface area contributed by atoms with Crippen molar-refractivity contribution in [2.75, 3.05) is 24.2 Å². The van der Waals surface area contributed by atoms with E-state index in [0.717, 1.165) is 16.7 Å². The van der Waals surface area contributed by atoms with Crippen LogP contribution in [0.25, 0.3) is 0 Å². The Morgan fingerprint density at radius 2 is 1.58 bits per heavy atom. The molecule has 4 aromatic rings. The normalized spacial score (nSPS) is 12.3. The summed E-state index contributed by atoms with van der Waals surface area (Å²) < 4.78 is 5.77. The second-order valence-corrected chi connectivity index (χ2v) is 8.71. The first-order valence-electron chi connectivity index (χ1n) is 12.3. The molecule has 2 amide bonds. The van der Waals surface area contributed by atoms with Crippen molar-refractivity contribution < 1.29 is 19.4 Å². The maximum Gasteiger partial charge on any atom is 0.411 e. The van der Waals surface area contributed by atoms with Gasteiger partial charge in [-0.25, -0.2) is 4.79 Å². The van der Waals surface area contributed by atoms with E-state index in [1.807, 2.05) is 36.4 Å². The first-order valence-corrected chi connectivity index (χ1v) is 12.3. The predicted molar refractivity (Wildman–Crippen MR) is 146 cm³/mol. The van der Waals surface area contributed by atoms with Crippen LogP contribution in [0.2, 0.25) is 0 Å². The summed E-state index contributed by atoms with van der Waals surface area (Å²) in [5, 5.41) is 12.7. The predicted octanol–water partition coefficient (Wildman–Crippen LogP) is 5.20. The van der Waals surface area contributed by atoms with E-state index < -0.39 is 18.2 Å². The lowest BCUT2D eigenvalue weighted by Crippen LogP contribution is -2.38. The highest BCUT2D eigenvalue weighted by Crippen LogP contribution is 2.31. The molecule has 38 heavy (non-hydrogen) atoms. The number of nitrogens with one attached hydrogen (secondary N) is 1. The second-order valence-electron chi connectivity index (χ2n) is 8.71. The highest BCUT2D eigenvalue weighted by atomic mass is 16.6. The number of aliphatic hydroxyl groups excluding tert-OH is 1. The first-order chi connectivity index (χ1) is 18.5. The number of amides is 2.